The number of esters is 1. The van der Waals surface area contributed by atoms with Gasteiger partial charge in [-0.2, -0.15) is 0 Å². The van der Waals surface area contributed by atoms with Crippen molar-refractivity contribution in [2.24, 2.45) is 17.8 Å². The Hall–Kier alpha value is -0.990. The van der Waals surface area contributed by atoms with Crippen LogP contribution in [0.15, 0.2) is 0 Å². The molecule has 0 unspecified atom stereocenters. The number of aliphatic hydroxyl groups is 4. The Bertz CT molecular complexity index is 1300. The number of hydrogen-bond acceptors (Lipinski definition) is 12. The van der Waals surface area contributed by atoms with E-state index in [1.807, 2.05) is 34.9 Å². The third kappa shape index (κ3) is 15.6. The van der Waals surface area contributed by atoms with Crippen molar-refractivity contribution < 1.29 is 53.7 Å². The maximum atomic E-state index is 14.3. The number of cyclic esters (lactones) is 1. The van der Waals surface area contributed by atoms with E-state index in [0.29, 0.717) is 25.7 Å². The van der Waals surface area contributed by atoms with Crippen LogP contribution in [0.1, 0.15) is 139 Å². The summed E-state index contributed by atoms with van der Waals surface area (Å²) in [5, 5.41) is 47.3. The molecule has 354 valence electrons. The van der Waals surface area contributed by atoms with Crippen LogP contribution in [-0.4, -0.2) is 167 Å². The smallest absolute Gasteiger partial charge is 0.383 e. The summed E-state index contributed by atoms with van der Waals surface area (Å²) >= 11 is 0. The number of hydrogen-bond donors (Lipinski definition) is 4. The van der Waals surface area contributed by atoms with Crippen molar-refractivity contribution in [2.45, 2.75) is 218 Å². The first kappa shape index (κ1) is 53.3. The molecule has 3 heterocycles. The van der Waals surface area contributed by atoms with Gasteiger partial charge in [0, 0.05) is 25.3 Å². The minimum absolute atomic E-state index is 0.0643. The Morgan fingerprint density at radius 1 is 0.883 bits per heavy atom. The third-order valence-corrected chi connectivity index (χ3v) is 15.5. The average molecular weight is 877 g/mol. The molecule has 0 aromatic heterocycles. The molecule has 3 rings (SSSR count). The van der Waals surface area contributed by atoms with Crippen LogP contribution in [0.5, 0.6) is 0 Å². The van der Waals surface area contributed by atoms with E-state index in [9.17, 15) is 30.0 Å². The number of amides is 1. The number of unbranched alkanes of at least 4 members (excludes halogenated alkanes) is 4. The van der Waals surface area contributed by atoms with Crippen molar-refractivity contribution in [2.75, 3.05) is 46.8 Å². The van der Waals surface area contributed by atoms with Crippen LogP contribution in [0.4, 0.5) is 0 Å². The van der Waals surface area contributed by atoms with E-state index in [1.54, 1.807) is 39.5 Å². The molecule has 4 N–H and O–H groups in total. The van der Waals surface area contributed by atoms with Crippen molar-refractivity contribution in [1.29, 1.82) is 0 Å². The van der Waals surface area contributed by atoms with Gasteiger partial charge in [0.15, 0.2) is 12.6 Å². The Kier molecular flexibility index (Phi) is 20.7. The molecule has 3 aliphatic heterocycles. The van der Waals surface area contributed by atoms with Crippen molar-refractivity contribution >= 4 is 19.1 Å². The van der Waals surface area contributed by atoms with Crippen molar-refractivity contribution in [3.63, 3.8) is 0 Å². The fourth-order valence-corrected chi connectivity index (χ4v) is 10.9. The molecule has 0 bridgehead atoms. The van der Waals surface area contributed by atoms with Crippen molar-refractivity contribution in [3.8, 4) is 0 Å². The minimum atomic E-state index is -1.92. The van der Waals surface area contributed by atoms with Gasteiger partial charge in [0.25, 0.3) is 0 Å². The second kappa shape index (κ2) is 23.3. The monoisotopic (exact) mass is 877 g/mol. The molecule has 16 atom stereocenters. The van der Waals surface area contributed by atoms with E-state index >= 15 is 0 Å². The summed E-state index contributed by atoms with van der Waals surface area (Å²) in [7, 11) is 2.98. The van der Waals surface area contributed by atoms with Crippen LogP contribution in [0.2, 0.25) is 0 Å². The topological polar surface area (TPSA) is 168 Å². The summed E-state index contributed by atoms with van der Waals surface area (Å²) < 4.78 is 32.1. The molecule has 3 aliphatic rings. The fraction of sp³-hybridized carbons (Fsp3) is 0.957. The summed E-state index contributed by atoms with van der Waals surface area (Å²) in [5.74, 6) is -2.12. The van der Waals surface area contributed by atoms with Crippen LogP contribution in [-0.2, 0) is 33.3 Å². The van der Waals surface area contributed by atoms with Gasteiger partial charge in [0.2, 0.25) is 0 Å². The Labute approximate surface area is 364 Å². The molecule has 0 radical (unpaired) electrons. The van der Waals surface area contributed by atoms with Gasteiger partial charge >= 0.3 is 149 Å². The van der Waals surface area contributed by atoms with E-state index in [1.165, 1.54) is 19.5 Å². The molecule has 3 saturated heterocycles. The SMILES string of the molecule is CC[C@@H]1OC(=O)[C@H](C)[C@@H](O[C@H]2C[C@H](C)[C@@H](O)[C@H](C)O2)C[C@@H](O[C@H]2C[C@@H](N(C)C)C[C@@H](C)O2)[C@](C)(O)C[C@@H](C)CN(C(=O)CCCCCCC[PH](C)(C)C)[C@H](C)[C@@H](O)[C@]1(C)O. The molecular weight excluding hydrogens is 787 g/mol. The standard InChI is InChI=1S/C46H89N2O11P/c1-15-37-46(9,54)43(51)33(6)48(39(49)21-19-17-16-18-20-22-60(12,13)14)28-29(2)27-45(8,53)38(58-41-25-35(47(10)11)24-31(4)55-41)26-36(32(5)44(52)59-37)57-40-23-30(3)42(50)34(7)56-40/h29-38,40-43,50-51,53-54,60H,15-28H2,1-14H3/t29-,30+,31-,32-,33-,34+,35+,36+,37+,38-,40+,41+,42-,43-,45-,46-/m1/s1. The predicted molar refractivity (Wildman–Crippen MR) is 240 cm³/mol. The van der Waals surface area contributed by atoms with E-state index in [-0.39, 0.29) is 55.7 Å². The normalized spacial score (nSPS) is 41.0. The maximum absolute atomic E-state index is 14.3. The quantitative estimate of drug-likeness (QED) is 0.0944. The molecule has 0 aliphatic carbocycles. The number of aliphatic hydroxyl groups excluding tert-OH is 2. The third-order valence-electron chi connectivity index (χ3n) is 13.6. The van der Waals surface area contributed by atoms with Gasteiger partial charge in [-0.3, -0.25) is 4.79 Å². The van der Waals surface area contributed by atoms with Gasteiger partial charge in [0.1, 0.15) is 6.10 Å². The van der Waals surface area contributed by atoms with Gasteiger partial charge in [-0.25, -0.2) is 0 Å². The van der Waals surface area contributed by atoms with E-state index in [4.69, 9.17) is 23.7 Å². The van der Waals surface area contributed by atoms with Crippen LogP contribution in [0, 0.1) is 17.8 Å². The van der Waals surface area contributed by atoms with Crippen LogP contribution in [0.3, 0.4) is 0 Å². The van der Waals surface area contributed by atoms with Crippen molar-refractivity contribution in [1.82, 2.24) is 9.80 Å². The summed E-state index contributed by atoms with van der Waals surface area (Å²) in [5.41, 5.74) is -3.42. The number of rotatable bonds is 14. The van der Waals surface area contributed by atoms with Gasteiger partial charge in [-0.15, -0.1) is 0 Å². The van der Waals surface area contributed by atoms with Gasteiger partial charge in [0.05, 0.1) is 42.0 Å². The van der Waals surface area contributed by atoms with E-state index in [0.717, 1.165) is 25.7 Å². The fourth-order valence-electron chi connectivity index (χ4n) is 9.57. The van der Waals surface area contributed by atoms with Crippen LogP contribution in [0.25, 0.3) is 0 Å². The van der Waals surface area contributed by atoms with E-state index < -0.39 is 85.6 Å². The Morgan fingerprint density at radius 2 is 1.50 bits per heavy atom. The zero-order chi connectivity index (χ0) is 45.3. The second-order valence-corrected chi connectivity index (χ2v) is 26.7. The first-order chi connectivity index (χ1) is 27.8. The zero-order valence-electron chi connectivity index (χ0n) is 40.0. The predicted octanol–water partition coefficient (Wildman–Crippen LogP) is 5.79. The molecule has 0 aromatic rings. The molecule has 3 fully saturated rings. The first-order valence-electron chi connectivity index (χ1n) is 23.4. The molecule has 0 saturated carbocycles. The Balaban J connectivity index is 2.02. The molecular formula is C46H89N2O11P. The Morgan fingerprint density at radius 3 is 2.10 bits per heavy atom. The molecule has 0 spiro atoms. The minimum Gasteiger partial charge on any atom is -0.383 e. The van der Waals surface area contributed by atoms with Crippen molar-refractivity contribution in [3.05, 3.63) is 0 Å². The zero-order valence-corrected chi connectivity index (χ0v) is 41.0. The number of carbonyl (C=O) groups is 2. The molecule has 60 heavy (non-hydrogen) atoms. The van der Waals surface area contributed by atoms with Crippen LogP contribution < -0.4 is 0 Å². The van der Waals surface area contributed by atoms with Gasteiger partial charge < -0.3 is 43.9 Å². The summed E-state index contributed by atoms with van der Waals surface area (Å²) in [6, 6.07) is -0.648. The summed E-state index contributed by atoms with van der Waals surface area (Å²) in [6.07, 6.45) is 1.87. The summed E-state index contributed by atoms with van der Waals surface area (Å²) in [6.45, 7) is 23.5. The molecule has 14 heteroatoms. The molecule has 0 aromatic carbocycles. The molecule has 1 amide bonds. The van der Waals surface area contributed by atoms with E-state index in [2.05, 4.69) is 24.9 Å². The summed E-state index contributed by atoms with van der Waals surface area (Å²) in [4.78, 5) is 32.2. The van der Waals surface area contributed by atoms with Gasteiger partial charge in [-0.1, -0.05) is 13.8 Å². The first-order valence-corrected chi connectivity index (χ1v) is 27.1. The molecule has 13 nitrogen and oxygen atoms in total. The van der Waals surface area contributed by atoms with Crippen LogP contribution >= 0.6 is 7.26 Å². The number of carbonyl (C=O) groups excluding carboxylic acids is 2. The average Bonchev–Trinajstić information content (AvgIpc) is 3.14. The number of nitrogens with zero attached hydrogens (tertiary/aromatic N) is 2. The second-order valence-electron chi connectivity index (χ2n) is 21.0. The van der Waals surface area contributed by atoms with Gasteiger partial charge in [-0.05, 0) is 67.5 Å². The number of ether oxygens (including phenoxy) is 5.